The number of hydrogen-bond donors (Lipinski definition) is 2. The van der Waals surface area contributed by atoms with Crippen molar-refractivity contribution < 1.29 is 14.6 Å². The van der Waals surface area contributed by atoms with Crippen molar-refractivity contribution in [2.75, 3.05) is 20.2 Å². The Bertz CT molecular complexity index is 644. The molecule has 1 saturated heterocycles. The first-order valence-electron chi connectivity index (χ1n) is 6.71. The topological polar surface area (TPSA) is 75.9 Å². The maximum atomic E-state index is 11.9. The van der Waals surface area contributed by atoms with E-state index in [9.17, 15) is 9.90 Å². The Labute approximate surface area is 116 Å². The highest BCUT2D eigenvalue weighted by Crippen LogP contribution is 2.29. The third kappa shape index (κ3) is 2.02. The molecule has 20 heavy (non-hydrogen) atoms. The molecule has 1 unspecified atom stereocenters. The number of carbonyl (C=O) groups excluding carboxylic acids is 1. The maximum absolute atomic E-state index is 11.9. The number of methoxy groups -OCH3 is 1. The average Bonchev–Trinajstić information content (AvgIpc) is 2.88. The van der Waals surface area contributed by atoms with Gasteiger partial charge in [0.15, 0.2) is 5.69 Å². The number of ether oxygens (including phenoxy) is 1. The van der Waals surface area contributed by atoms with Gasteiger partial charge in [0, 0.05) is 18.7 Å². The van der Waals surface area contributed by atoms with Gasteiger partial charge >= 0.3 is 5.97 Å². The van der Waals surface area contributed by atoms with Crippen LogP contribution >= 0.6 is 0 Å². The summed E-state index contributed by atoms with van der Waals surface area (Å²) in [6.45, 7) is 1.84. The Morgan fingerprint density at radius 1 is 1.60 bits per heavy atom. The van der Waals surface area contributed by atoms with Crippen LogP contribution in [0.3, 0.4) is 0 Å². The fraction of sp³-hybridized carbons (Fsp3) is 0.429. The molecule has 106 valence electrons. The molecule has 0 aliphatic carbocycles. The second-order valence-electron chi connectivity index (χ2n) is 4.97. The van der Waals surface area contributed by atoms with Crippen LogP contribution in [0.2, 0.25) is 0 Å². The van der Waals surface area contributed by atoms with E-state index in [0.717, 1.165) is 31.8 Å². The lowest BCUT2D eigenvalue weighted by Gasteiger charge is -2.21. The molecule has 1 atom stereocenters. The Morgan fingerprint density at radius 2 is 2.45 bits per heavy atom. The number of carbonyl (C=O) groups is 1. The molecule has 2 aromatic rings. The zero-order valence-electron chi connectivity index (χ0n) is 11.3. The van der Waals surface area contributed by atoms with Gasteiger partial charge in [-0.15, -0.1) is 0 Å². The Kier molecular flexibility index (Phi) is 3.31. The number of nitrogens with zero attached hydrogens (tertiary/aromatic N) is 2. The normalized spacial score (nSPS) is 19.1. The molecule has 3 heterocycles. The molecule has 0 amide bonds. The van der Waals surface area contributed by atoms with Crippen molar-refractivity contribution in [3.63, 3.8) is 0 Å². The third-order valence-electron chi connectivity index (χ3n) is 3.71. The summed E-state index contributed by atoms with van der Waals surface area (Å²) < 4.78 is 6.55. The number of esters is 1. The van der Waals surface area contributed by atoms with Crippen molar-refractivity contribution in [3.05, 3.63) is 29.8 Å². The second kappa shape index (κ2) is 5.13. The summed E-state index contributed by atoms with van der Waals surface area (Å²) >= 11 is 0. The van der Waals surface area contributed by atoms with E-state index < -0.39 is 5.97 Å². The number of hydrogen-bond acceptors (Lipinski definition) is 5. The lowest BCUT2D eigenvalue weighted by molar-refractivity contribution is 0.0596. The molecule has 0 aromatic carbocycles. The zero-order valence-corrected chi connectivity index (χ0v) is 11.3. The van der Waals surface area contributed by atoms with Crippen LogP contribution < -0.4 is 5.32 Å². The summed E-state index contributed by atoms with van der Waals surface area (Å²) in [6.07, 6.45) is 3.91. The molecular formula is C14H17N3O3. The van der Waals surface area contributed by atoms with Gasteiger partial charge in [0.25, 0.3) is 0 Å². The molecule has 6 nitrogen and oxygen atoms in total. The minimum Gasteiger partial charge on any atom is -0.506 e. The fourth-order valence-corrected chi connectivity index (χ4v) is 2.74. The molecular weight excluding hydrogens is 258 g/mol. The summed E-state index contributed by atoms with van der Waals surface area (Å²) in [5.74, 6) is 0.536. The molecule has 6 heteroatoms. The molecule has 3 rings (SSSR count). The quantitative estimate of drug-likeness (QED) is 0.808. The number of rotatable bonds is 2. The van der Waals surface area contributed by atoms with Crippen molar-refractivity contribution in [2.24, 2.45) is 0 Å². The summed E-state index contributed by atoms with van der Waals surface area (Å²) in [5, 5.41) is 13.4. The van der Waals surface area contributed by atoms with E-state index in [1.54, 1.807) is 16.5 Å². The summed E-state index contributed by atoms with van der Waals surface area (Å²) in [5.41, 5.74) is 0.589. The largest absolute Gasteiger partial charge is 0.506 e. The van der Waals surface area contributed by atoms with Gasteiger partial charge in [-0.25, -0.2) is 9.78 Å². The van der Waals surface area contributed by atoms with Gasteiger partial charge in [0.2, 0.25) is 0 Å². The van der Waals surface area contributed by atoms with Gasteiger partial charge < -0.3 is 15.2 Å². The van der Waals surface area contributed by atoms with Crippen molar-refractivity contribution in [3.8, 4) is 5.75 Å². The number of aromatic hydroxyl groups is 1. The number of piperidine rings is 1. The fourth-order valence-electron chi connectivity index (χ4n) is 2.74. The Balaban J connectivity index is 2.17. The number of aromatic nitrogens is 2. The predicted octanol–water partition coefficient (Wildman–Crippen LogP) is 1.29. The molecule has 1 fully saturated rings. The van der Waals surface area contributed by atoms with E-state index in [1.165, 1.54) is 7.11 Å². The lowest BCUT2D eigenvalue weighted by Crippen LogP contribution is -2.29. The average molecular weight is 275 g/mol. The third-order valence-corrected chi connectivity index (χ3v) is 3.71. The standard InChI is InChI=1S/C14H17N3O3/c1-20-14(19)11-12-10(18)5-3-7-17(12)13(16-11)9-4-2-6-15-8-9/h3,5,7,9,15,18H,2,4,6,8H2,1H3. The molecule has 0 bridgehead atoms. The van der Waals surface area contributed by atoms with Crippen LogP contribution in [-0.2, 0) is 4.74 Å². The smallest absolute Gasteiger partial charge is 0.359 e. The highest BCUT2D eigenvalue weighted by Gasteiger charge is 2.26. The summed E-state index contributed by atoms with van der Waals surface area (Å²) in [7, 11) is 1.31. The van der Waals surface area contributed by atoms with Gasteiger partial charge in [-0.3, -0.25) is 4.40 Å². The maximum Gasteiger partial charge on any atom is 0.359 e. The van der Waals surface area contributed by atoms with Crippen molar-refractivity contribution >= 4 is 11.5 Å². The Hall–Kier alpha value is -2.08. The van der Waals surface area contributed by atoms with Gasteiger partial charge in [-0.2, -0.15) is 0 Å². The van der Waals surface area contributed by atoms with E-state index in [0.29, 0.717) is 5.52 Å². The number of nitrogens with one attached hydrogen (secondary N) is 1. The zero-order chi connectivity index (χ0) is 14.1. The van der Waals surface area contributed by atoms with Crippen molar-refractivity contribution in [1.82, 2.24) is 14.7 Å². The SMILES string of the molecule is COC(=O)c1nc(C2CCCNC2)n2cccc(O)c12. The second-order valence-corrected chi connectivity index (χ2v) is 4.97. The first-order valence-corrected chi connectivity index (χ1v) is 6.71. The molecule has 0 spiro atoms. The van der Waals surface area contributed by atoms with Crippen LogP contribution in [0, 0.1) is 0 Å². The van der Waals surface area contributed by atoms with E-state index in [4.69, 9.17) is 4.74 Å². The molecule has 2 aromatic heterocycles. The van der Waals surface area contributed by atoms with Gasteiger partial charge in [0.1, 0.15) is 17.1 Å². The van der Waals surface area contributed by atoms with E-state index in [-0.39, 0.29) is 17.4 Å². The van der Waals surface area contributed by atoms with E-state index in [2.05, 4.69) is 10.3 Å². The molecule has 1 aliphatic heterocycles. The van der Waals surface area contributed by atoms with E-state index in [1.807, 2.05) is 6.20 Å². The van der Waals surface area contributed by atoms with Crippen molar-refractivity contribution in [1.29, 1.82) is 0 Å². The lowest BCUT2D eigenvalue weighted by atomic mass is 9.99. The van der Waals surface area contributed by atoms with Crippen LogP contribution in [-0.4, -0.2) is 40.7 Å². The first kappa shape index (κ1) is 12.9. The molecule has 0 saturated carbocycles. The van der Waals surface area contributed by atoms with Gasteiger partial charge in [-0.05, 0) is 31.5 Å². The Morgan fingerprint density at radius 3 is 3.15 bits per heavy atom. The van der Waals surface area contributed by atoms with Crippen molar-refractivity contribution in [2.45, 2.75) is 18.8 Å². The summed E-state index contributed by atoms with van der Waals surface area (Å²) in [4.78, 5) is 16.3. The van der Waals surface area contributed by atoms with Crippen LogP contribution in [0.1, 0.15) is 35.1 Å². The monoisotopic (exact) mass is 275 g/mol. The number of pyridine rings is 1. The van der Waals surface area contributed by atoms with Gasteiger partial charge in [-0.1, -0.05) is 0 Å². The first-order chi connectivity index (χ1) is 9.72. The van der Waals surface area contributed by atoms with Crippen LogP contribution in [0.25, 0.3) is 5.52 Å². The number of imidazole rings is 1. The minimum atomic E-state index is -0.529. The molecule has 2 N–H and O–H groups in total. The number of fused-ring (bicyclic) bond motifs is 1. The molecule has 0 radical (unpaired) electrons. The van der Waals surface area contributed by atoms with Crippen LogP contribution in [0.4, 0.5) is 0 Å². The van der Waals surface area contributed by atoms with E-state index >= 15 is 0 Å². The predicted molar refractivity (Wildman–Crippen MR) is 73.0 cm³/mol. The summed E-state index contributed by atoms with van der Waals surface area (Å²) in [6, 6.07) is 3.29. The minimum absolute atomic E-state index is 0.0374. The highest BCUT2D eigenvalue weighted by molar-refractivity contribution is 5.97. The molecule has 1 aliphatic rings. The van der Waals surface area contributed by atoms with Crippen LogP contribution in [0.15, 0.2) is 18.3 Å². The van der Waals surface area contributed by atoms with Gasteiger partial charge in [0.05, 0.1) is 7.11 Å². The van der Waals surface area contributed by atoms with Crippen LogP contribution in [0.5, 0.6) is 5.75 Å². The highest BCUT2D eigenvalue weighted by atomic mass is 16.5.